The van der Waals surface area contributed by atoms with E-state index in [1.54, 1.807) is 11.3 Å². The maximum atomic E-state index is 13.0. The Kier molecular flexibility index (Phi) is 5.67. The minimum absolute atomic E-state index is 0.110. The minimum Gasteiger partial charge on any atom is -0.489 e. The fraction of sp³-hybridized carbons (Fsp3) is 0.231. The number of rotatable bonds is 5. The van der Waals surface area contributed by atoms with E-state index in [4.69, 9.17) is 9.72 Å². The Morgan fingerprint density at radius 3 is 2.39 bits per heavy atom. The smallest absolute Gasteiger partial charge is 0.253 e. The van der Waals surface area contributed by atoms with Crippen molar-refractivity contribution in [3.8, 4) is 5.75 Å². The minimum atomic E-state index is 0.110. The number of ether oxygens (including phenoxy) is 1. The molecule has 1 saturated heterocycles. The van der Waals surface area contributed by atoms with Crippen LogP contribution in [0.25, 0.3) is 10.2 Å². The number of amides is 1. The summed E-state index contributed by atoms with van der Waals surface area (Å²) < 4.78 is 7.03. The van der Waals surface area contributed by atoms with Crippen LogP contribution in [0.4, 0.5) is 0 Å². The second kappa shape index (κ2) is 8.90. The molecule has 1 aliphatic heterocycles. The first-order valence-electron chi connectivity index (χ1n) is 10.7. The van der Waals surface area contributed by atoms with E-state index in [0.29, 0.717) is 12.5 Å². The fourth-order valence-corrected chi connectivity index (χ4v) is 5.14. The Balaban J connectivity index is 1.17. The van der Waals surface area contributed by atoms with E-state index in [-0.39, 0.29) is 5.91 Å². The summed E-state index contributed by atoms with van der Waals surface area (Å²) in [6, 6.07) is 25.8. The second-order valence-corrected chi connectivity index (χ2v) is 8.95. The summed E-state index contributed by atoms with van der Waals surface area (Å²) in [5.74, 6) is 1.40. The van der Waals surface area contributed by atoms with Gasteiger partial charge in [-0.05, 0) is 54.8 Å². The number of piperidine rings is 1. The molecular weight excluding hydrogens is 404 g/mol. The van der Waals surface area contributed by atoms with Gasteiger partial charge in [0, 0.05) is 24.6 Å². The molecule has 0 radical (unpaired) electrons. The van der Waals surface area contributed by atoms with Gasteiger partial charge in [-0.1, -0.05) is 42.5 Å². The number of aromatic nitrogens is 1. The molecule has 0 saturated carbocycles. The SMILES string of the molecule is O=C(c1ccc(COc2ccccc2)cc1)N1CCC(c2nc3ccccc3s2)CC1. The largest absolute Gasteiger partial charge is 0.489 e. The molecule has 0 bridgehead atoms. The number of carbonyl (C=O) groups is 1. The Morgan fingerprint density at radius 1 is 0.935 bits per heavy atom. The lowest BCUT2D eigenvalue weighted by molar-refractivity contribution is 0.0713. The average Bonchev–Trinajstić information content (AvgIpc) is 3.28. The average molecular weight is 429 g/mol. The van der Waals surface area contributed by atoms with Crippen LogP contribution >= 0.6 is 11.3 Å². The highest BCUT2D eigenvalue weighted by Gasteiger charge is 2.26. The molecule has 0 spiro atoms. The molecule has 0 N–H and O–H groups in total. The van der Waals surface area contributed by atoms with Crippen molar-refractivity contribution in [2.75, 3.05) is 13.1 Å². The monoisotopic (exact) mass is 428 g/mol. The van der Waals surface area contributed by atoms with E-state index in [1.165, 1.54) is 9.71 Å². The molecule has 0 aliphatic carbocycles. The van der Waals surface area contributed by atoms with Crippen LogP contribution in [0, 0.1) is 0 Å². The van der Waals surface area contributed by atoms with Gasteiger partial charge in [-0.25, -0.2) is 4.98 Å². The van der Waals surface area contributed by atoms with Crippen LogP contribution in [0.1, 0.15) is 39.7 Å². The molecule has 0 unspecified atom stereocenters. The van der Waals surface area contributed by atoms with Crippen LogP contribution in [-0.4, -0.2) is 28.9 Å². The highest BCUT2D eigenvalue weighted by Crippen LogP contribution is 2.34. The standard InChI is InChI=1S/C26H24N2O2S/c29-26(21-12-10-19(11-13-21)18-30-22-6-2-1-3-7-22)28-16-14-20(15-17-28)25-27-23-8-4-5-9-24(23)31-25/h1-13,20H,14-18H2. The van der Waals surface area contributed by atoms with Crippen molar-refractivity contribution in [3.05, 3.63) is 95.0 Å². The van der Waals surface area contributed by atoms with E-state index in [2.05, 4.69) is 18.2 Å². The Hall–Kier alpha value is -3.18. The molecule has 2 heterocycles. The van der Waals surface area contributed by atoms with Gasteiger partial charge in [0.15, 0.2) is 0 Å². The lowest BCUT2D eigenvalue weighted by Crippen LogP contribution is -2.37. The second-order valence-electron chi connectivity index (χ2n) is 7.88. The number of para-hydroxylation sites is 2. The highest BCUT2D eigenvalue weighted by molar-refractivity contribution is 7.18. The lowest BCUT2D eigenvalue weighted by Gasteiger charge is -2.31. The third-order valence-corrected chi connectivity index (χ3v) is 6.99. The lowest BCUT2D eigenvalue weighted by atomic mass is 9.97. The summed E-state index contributed by atoms with van der Waals surface area (Å²) in [6.07, 6.45) is 1.93. The first-order valence-corrected chi connectivity index (χ1v) is 11.5. The van der Waals surface area contributed by atoms with E-state index >= 15 is 0 Å². The molecule has 5 heteroatoms. The van der Waals surface area contributed by atoms with Crippen LogP contribution in [0.15, 0.2) is 78.9 Å². The number of benzene rings is 3. The number of nitrogens with zero attached hydrogens (tertiary/aromatic N) is 2. The molecule has 156 valence electrons. The van der Waals surface area contributed by atoms with Crippen LogP contribution in [0.5, 0.6) is 5.75 Å². The summed E-state index contributed by atoms with van der Waals surface area (Å²) in [7, 11) is 0. The predicted molar refractivity (Wildman–Crippen MR) is 125 cm³/mol. The number of hydrogen-bond acceptors (Lipinski definition) is 4. The van der Waals surface area contributed by atoms with E-state index in [9.17, 15) is 4.79 Å². The van der Waals surface area contributed by atoms with Gasteiger partial charge in [0.25, 0.3) is 5.91 Å². The van der Waals surface area contributed by atoms with Gasteiger partial charge in [-0.3, -0.25) is 4.79 Å². The number of thiazole rings is 1. The maximum Gasteiger partial charge on any atom is 0.253 e. The van der Waals surface area contributed by atoms with Crippen molar-refractivity contribution < 1.29 is 9.53 Å². The number of likely N-dealkylation sites (tertiary alicyclic amines) is 1. The summed E-state index contributed by atoms with van der Waals surface area (Å²) in [5.41, 5.74) is 2.87. The van der Waals surface area contributed by atoms with Crippen molar-refractivity contribution in [2.45, 2.75) is 25.4 Å². The number of carbonyl (C=O) groups excluding carboxylic acids is 1. The van der Waals surface area contributed by atoms with Crippen molar-refractivity contribution in [1.82, 2.24) is 9.88 Å². The molecule has 4 aromatic rings. The Labute approximate surface area is 186 Å². The van der Waals surface area contributed by atoms with Gasteiger partial charge < -0.3 is 9.64 Å². The molecule has 5 rings (SSSR count). The van der Waals surface area contributed by atoms with Gasteiger partial charge in [-0.2, -0.15) is 0 Å². The van der Waals surface area contributed by atoms with Gasteiger partial charge in [0.2, 0.25) is 0 Å². The summed E-state index contributed by atoms with van der Waals surface area (Å²) >= 11 is 1.79. The van der Waals surface area contributed by atoms with Gasteiger partial charge >= 0.3 is 0 Å². The van der Waals surface area contributed by atoms with E-state index < -0.39 is 0 Å². The Morgan fingerprint density at radius 2 is 1.65 bits per heavy atom. The van der Waals surface area contributed by atoms with Crippen molar-refractivity contribution >= 4 is 27.5 Å². The fourth-order valence-electron chi connectivity index (χ4n) is 4.00. The third kappa shape index (κ3) is 4.47. The summed E-state index contributed by atoms with van der Waals surface area (Å²) in [4.78, 5) is 19.7. The highest BCUT2D eigenvalue weighted by atomic mass is 32.1. The van der Waals surface area contributed by atoms with Crippen LogP contribution in [-0.2, 0) is 6.61 Å². The van der Waals surface area contributed by atoms with Gasteiger partial charge in [-0.15, -0.1) is 11.3 Å². The van der Waals surface area contributed by atoms with E-state index in [1.807, 2.05) is 65.6 Å². The van der Waals surface area contributed by atoms with Gasteiger partial charge in [0.05, 0.1) is 15.2 Å². The first kappa shape index (κ1) is 19.8. The third-order valence-electron chi connectivity index (χ3n) is 5.79. The van der Waals surface area contributed by atoms with Crippen molar-refractivity contribution in [2.24, 2.45) is 0 Å². The van der Waals surface area contributed by atoms with Crippen molar-refractivity contribution in [1.29, 1.82) is 0 Å². The molecule has 4 nitrogen and oxygen atoms in total. The molecule has 1 fully saturated rings. The van der Waals surface area contributed by atoms with Crippen molar-refractivity contribution in [3.63, 3.8) is 0 Å². The number of hydrogen-bond donors (Lipinski definition) is 0. The van der Waals surface area contributed by atoms with Crippen LogP contribution in [0.2, 0.25) is 0 Å². The zero-order chi connectivity index (χ0) is 21.0. The van der Waals surface area contributed by atoms with Crippen LogP contribution in [0.3, 0.4) is 0 Å². The molecular formula is C26H24N2O2S. The molecule has 1 aliphatic rings. The zero-order valence-corrected chi connectivity index (χ0v) is 18.1. The normalized spacial score (nSPS) is 14.6. The molecule has 1 aromatic heterocycles. The van der Waals surface area contributed by atoms with Gasteiger partial charge in [0.1, 0.15) is 12.4 Å². The molecule has 1 amide bonds. The molecule has 0 atom stereocenters. The first-order chi connectivity index (χ1) is 15.3. The number of fused-ring (bicyclic) bond motifs is 1. The quantitative estimate of drug-likeness (QED) is 0.398. The summed E-state index contributed by atoms with van der Waals surface area (Å²) in [6.45, 7) is 2.04. The maximum absolute atomic E-state index is 13.0. The molecule has 3 aromatic carbocycles. The van der Waals surface area contributed by atoms with E-state index in [0.717, 1.165) is 48.3 Å². The molecule has 31 heavy (non-hydrogen) atoms. The summed E-state index contributed by atoms with van der Waals surface area (Å²) in [5, 5.41) is 1.20. The van der Waals surface area contributed by atoms with Crippen LogP contribution < -0.4 is 4.74 Å². The zero-order valence-electron chi connectivity index (χ0n) is 17.2. The topological polar surface area (TPSA) is 42.4 Å². The Bertz CT molecular complexity index is 1130. The predicted octanol–water partition coefficient (Wildman–Crippen LogP) is 5.90.